The highest BCUT2D eigenvalue weighted by Crippen LogP contribution is 2.20. The largest absolute Gasteiger partial charge is 0.453 e. The lowest BCUT2D eigenvalue weighted by Crippen LogP contribution is -2.40. The van der Waals surface area contributed by atoms with E-state index in [4.69, 9.17) is 4.74 Å². The minimum absolute atomic E-state index is 0.221. The number of ether oxygens (including phenoxy) is 1. The number of hydrogen-bond donors (Lipinski definition) is 2. The molecule has 0 aromatic carbocycles. The zero-order valence-electron chi connectivity index (χ0n) is 12.7. The van der Waals surface area contributed by atoms with Crippen LogP contribution in [0, 0.1) is 5.92 Å². The smallest absolute Gasteiger partial charge is 0.409 e. The summed E-state index contributed by atoms with van der Waals surface area (Å²) < 4.78 is 4.80. The Morgan fingerprint density at radius 2 is 2.50 bits per heavy atom. The predicted molar refractivity (Wildman–Crippen MR) is 83.7 cm³/mol. The number of carbonyl (C=O) groups is 1. The number of nitrogens with one attached hydrogen (secondary N) is 2. The summed E-state index contributed by atoms with van der Waals surface area (Å²) in [5.74, 6) is 1.29. The number of hydrogen-bond acceptors (Lipinski definition) is 5. The normalized spacial score (nSPS) is 18.4. The highest BCUT2D eigenvalue weighted by molar-refractivity contribution is 5.71. The van der Waals surface area contributed by atoms with E-state index in [0.717, 1.165) is 55.9 Å². The number of likely N-dealkylation sites (tertiary alicyclic amines) is 1. The van der Waals surface area contributed by atoms with Gasteiger partial charge in [-0.25, -0.2) is 14.8 Å². The van der Waals surface area contributed by atoms with Gasteiger partial charge in [0.2, 0.25) is 0 Å². The second kappa shape index (κ2) is 6.64. The first kappa shape index (κ1) is 14.6. The van der Waals surface area contributed by atoms with Crippen LogP contribution in [0.4, 0.5) is 10.6 Å². The Balaban J connectivity index is 1.48. The lowest BCUT2D eigenvalue weighted by molar-refractivity contribution is 0.101. The Kier molecular flexibility index (Phi) is 4.41. The highest BCUT2D eigenvalue weighted by Gasteiger charge is 2.23. The Hall–Kier alpha value is -2.31. The van der Waals surface area contributed by atoms with Crippen LogP contribution >= 0.6 is 0 Å². The van der Waals surface area contributed by atoms with Crippen molar-refractivity contribution in [2.24, 2.45) is 5.92 Å². The lowest BCUT2D eigenvalue weighted by atomic mass is 9.95. The monoisotopic (exact) mass is 303 g/mol. The van der Waals surface area contributed by atoms with Gasteiger partial charge in [-0.3, -0.25) is 0 Å². The minimum Gasteiger partial charge on any atom is -0.453 e. The average Bonchev–Trinajstić information content (AvgIpc) is 3.02. The van der Waals surface area contributed by atoms with E-state index in [1.807, 2.05) is 12.3 Å². The van der Waals surface area contributed by atoms with E-state index in [1.165, 1.54) is 7.11 Å². The number of aromatic nitrogens is 3. The minimum atomic E-state index is -0.221. The van der Waals surface area contributed by atoms with Gasteiger partial charge in [0.05, 0.1) is 13.3 Å². The number of carbonyl (C=O) groups excluding carboxylic acids is 1. The molecule has 0 bridgehead atoms. The van der Waals surface area contributed by atoms with Crippen LogP contribution in [0.2, 0.25) is 0 Å². The molecule has 0 spiro atoms. The van der Waals surface area contributed by atoms with Crippen molar-refractivity contribution in [1.82, 2.24) is 19.9 Å². The first-order chi connectivity index (χ1) is 10.8. The fourth-order valence-electron chi connectivity index (χ4n) is 2.92. The van der Waals surface area contributed by atoms with Gasteiger partial charge < -0.3 is 19.9 Å². The Morgan fingerprint density at radius 3 is 3.36 bits per heavy atom. The number of rotatable bonds is 4. The fourth-order valence-corrected chi connectivity index (χ4v) is 2.92. The maximum absolute atomic E-state index is 11.6. The standard InChI is InChI=1S/C15H21N5O2/c1-22-15(21)20-8-2-3-11(10-20)4-6-16-13-9-18-14-12(19-13)5-7-17-14/h5,7,9,11H,2-4,6,8,10H2,1H3,(H,16,19)(H,17,18). The third kappa shape index (κ3) is 3.29. The molecule has 3 rings (SSSR count). The molecule has 22 heavy (non-hydrogen) atoms. The van der Waals surface area contributed by atoms with Gasteiger partial charge in [0.1, 0.15) is 11.3 Å². The van der Waals surface area contributed by atoms with E-state index >= 15 is 0 Å². The van der Waals surface area contributed by atoms with E-state index in [0.29, 0.717) is 5.92 Å². The van der Waals surface area contributed by atoms with E-state index in [1.54, 1.807) is 11.1 Å². The van der Waals surface area contributed by atoms with E-state index < -0.39 is 0 Å². The van der Waals surface area contributed by atoms with Crippen molar-refractivity contribution < 1.29 is 9.53 Å². The molecule has 0 saturated carbocycles. The molecule has 0 radical (unpaired) electrons. The second-order valence-corrected chi connectivity index (χ2v) is 5.61. The summed E-state index contributed by atoms with van der Waals surface area (Å²) in [6, 6.07) is 1.91. The maximum Gasteiger partial charge on any atom is 0.409 e. The zero-order valence-corrected chi connectivity index (χ0v) is 12.7. The Morgan fingerprint density at radius 1 is 1.59 bits per heavy atom. The molecule has 1 aliphatic rings. The molecule has 2 N–H and O–H groups in total. The number of nitrogens with zero attached hydrogens (tertiary/aromatic N) is 3. The molecule has 2 aromatic rings. The molecule has 0 aliphatic carbocycles. The molecule has 1 atom stereocenters. The molecule has 1 saturated heterocycles. The van der Waals surface area contributed by atoms with Gasteiger partial charge in [0, 0.05) is 25.8 Å². The second-order valence-electron chi connectivity index (χ2n) is 5.61. The maximum atomic E-state index is 11.6. The van der Waals surface area contributed by atoms with Crippen LogP contribution in [-0.2, 0) is 4.74 Å². The van der Waals surface area contributed by atoms with Crippen molar-refractivity contribution in [2.45, 2.75) is 19.3 Å². The third-order valence-corrected chi connectivity index (χ3v) is 4.07. The summed E-state index contributed by atoms with van der Waals surface area (Å²) in [4.78, 5) is 25.2. The lowest BCUT2D eigenvalue weighted by Gasteiger charge is -2.31. The van der Waals surface area contributed by atoms with Crippen LogP contribution in [-0.4, -0.2) is 52.7 Å². The number of fused-ring (bicyclic) bond motifs is 1. The van der Waals surface area contributed by atoms with Crippen LogP contribution in [0.1, 0.15) is 19.3 Å². The first-order valence-electron chi connectivity index (χ1n) is 7.63. The van der Waals surface area contributed by atoms with Crippen LogP contribution in [0.15, 0.2) is 18.5 Å². The van der Waals surface area contributed by atoms with Crippen LogP contribution < -0.4 is 5.32 Å². The molecule has 1 fully saturated rings. The van der Waals surface area contributed by atoms with Crippen molar-refractivity contribution in [3.05, 3.63) is 18.5 Å². The van der Waals surface area contributed by atoms with Crippen LogP contribution in [0.5, 0.6) is 0 Å². The van der Waals surface area contributed by atoms with Gasteiger partial charge in [0.25, 0.3) is 0 Å². The van der Waals surface area contributed by atoms with E-state index in [9.17, 15) is 4.79 Å². The van der Waals surface area contributed by atoms with Gasteiger partial charge in [0.15, 0.2) is 5.65 Å². The van der Waals surface area contributed by atoms with Crippen molar-refractivity contribution in [2.75, 3.05) is 32.1 Å². The van der Waals surface area contributed by atoms with Gasteiger partial charge in [-0.15, -0.1) is 0 Å². The molecule has 3 heterocycles. The van der Waals surface area contributed by atoms with Gasteiger partial charge in [-0.05, 0) is 31.2 Å². The fraction of sp³-hybridized carbons (Fsp3) is 0.533. The first-order valence-corrected chi connectivity index (χ1v) is 7.63. The average molecular weight is 303 g/mol. The van der Waals surface area contributed by atoms with Gasteiger partial charge >= 0.3 is 6.09 Å². The summed E-state index contributed by atoms with van der Waals surface area (Å²) >= 11 is 0. The summed E-state index contributed by atoms with van der Waals surface area (Å²) in [5, 5.41) is 3.31. The van der Waals surface area contributed by atoms with E-state index in [-0.39, 0.29) is 6.09 Å². The van der Waals surface area contributed by atoms with Crippen molar-refractivity contribution in [3.63, 3.8) is 0 Å². The summed E-state index contributed by atoms with van der Waals surface area (Å²) in [6.07, 6.45) is 6.53. The molecule has 7 nitrogen and oxygen atoms in total. The molecule has 7 heteroatoms. The third-order valence-electron chi connectivity index (χ3n) is 4.07. The summed E-state index contributed by atoms with van der Waals surface area (Å²) in [6.45, 7) is 2.40. The van der Waals surface area contributed by atoms with E-state index in [2.05, 4.69) is 20.3 Å². The van der Waals surface area contributed by atoms with Gasteiger partial charge in [-0.1, -0.05) is 0 Å². The molecular weight excluding hydrogens is 282 g/mol. The van der Waals surface area contributed by atoms with Crippen molar-refractivity contribution >= 4 is 23.1 Å². The van der Waals surface area contributed by atoms with Crippen molar-refractivity contribution in [3.8, 4) is 0 Å². The molecule has 1 aliphatic heterocycles. The van der Waals surface area contributed by atoms with Crippen molar-refractivity contribution in [1.29, 1.82) is 0 Å². The number of amides is 1. The predicted octanol–water partition coefficient (Wildman–Crippen LogP) is 2.24. The number of aromatic amines is 1. The summed E-state index contributed by atoms with van der Waals surface area (Å²) in [7, 11) is 1.43. The molecule has 1 amide bonds. The SMILES string of the molecule is COC(=O)N1CCCC(CCNc2cnc3[nH]ccc3n2)C1. The molecule has 2 aromatic heterocycles. The molecule has 1 unspecified atom stereocenters. The van der Waals surface area contributed by atoms with Gasteiger partial charge in [-0.2, -0.15) is 0 Å². The number of anilines is 1. The van der Waals surface area contributed by atoms with Crippen LogP contribution in [0.25, 0.3) is 11.2 Å². The van der Waals surface area contributed by atoms with Crippen LogP contribution in [0.3, 0.4) is 0 Å². The quantitative estimate of drug-likeness (QED) is 0.905. The number of methoxy groups -OCH3 is 1. The summed E-state index contributed by atoms with van der Waals surface area (Å²) in [5.41, 5.74) is 1.66. The molecular formula is C15H21N5O2. The highest BCUT2D eigenvalue weighted by atomic mass is 16.5. The number of piperidine rings is 1. The molecule has 118 valence electrons. The topological polar surface area (TPSA) is 83.1 Å². The number of H-pyrrole nitrogens is 1. The Labute approximate surface area is 129 Å². The Bertz CT molecular complexity index is 642. The zero-order chi connectivity index (χ0) is 15.4.